The van der Waals surface area contributed by atoms with Crippen LogP contribution < -0.4 is 5.32 Å². The van der Waals surface area contributed by atoms with Crippen LogP contribution >= 0.6 is 0 Å². The van der Waals surface area contributed by atoms with Crippen LogP contribution in [-0.4, -0.2) is 55.9 Å². The number of aromatic nitrogens is 4. The minimum absolute atomic E-state index is 0.0885. The molecule has 0 unspecified atom stereocenters. The first-order chi connectivity index (χ1) is 13.4. The van der Waals surface area contributed by atoms with E-state index in [9.17, 15) is 4.79 Å². The maximum absolute atomic E-state index is 12.5. The topological polar surface area (TPSA) is 96.2 Å². The molecule has 0 spiro atoms. The van der Waals surface area contributed by atoms with E-state index < -0.39 is 0 Å². The summed E-state index contributed by atoms with van der Waals surface area (Å²) in [7, 11) is 1.64. The van der Waals surface area contributed by atoms with Crippen LogP contribution in [0, 0.1) is 20.8 Å². The van der Waals surface area contributed by atoms with Crippen LogP contribution in [0.5, 0.6) is 0 Å². The number of amides is 1. The van der Waals surface area contributed by atoms with Gasteiger partial charge in [-0.2, -0.15) is 10.1 Å². The molecule has 8 nitrogen and oxygen atoms in total. The molecule has 3 rings (SSSR count). The molecule has 0 aliphatic rings. The molecule has 2 heterocycles. The van der Waals surface area contributed by atoms with Gasteiger partial charge in [0.2, 0.25) is 5.95 Å². The van der Waals surface area contributed by atoms with Crippen molar-refractivity contribution >= 4 is 17.5 Å². The third kappa shape index (κ3) is 4.34. The van der Waals surface area contributed by atoms with E-state index in [1.807, 2.05) is 26.0 Å². The lowest BCUT2D eigenvalue weighted by molar-refractivity contribution is 0.0766. The molecular weight excluding hydrogens is 356 g/mol. The van der Waals surface area contributed by atoms with Crippen molar-refractivity contribution in [2.24, 2.45) is 0 Å². The summed E-state index contributed by atoms with van der Waals surface area (Å²) in [6, 6.07) is 7.87. The number of hydrogen-bond acceptors (Lipinski definition) is 6. The van der Waals surface area contributed by atoms with Gasteiger partial charge in [-0.3, -0.25) is 4.79 Å². The molecule has 1 amide bonds. The van der Waals surface area contributed by atoms with Crippen LogP contribution in [0.15, 0.2) is 36.7 Å². The second-order valence-corrected chi connectivity index (χ2v) is 6.76. The van der Waals surface area contributed by atoms with Gasteiger partial charge in [0, 0.05) is 37.7 Å². The molecule has 0 atom stereocenters. The Morgan fingerprint density at radius 1 is 1.21 bits per heavy atom. The molecule has 0 aliphatic carbocycles. The summed E-state index contributed by atoms with van der Waals surface area (Å²) < 4.78 is 1.56. The van der Waals surface area contributed by atoms with Crippen LogP contribution in [0.1, 0.15) is 27.2 Å². The van der Waals surface area contributed by atoms with Crippen molar-refractivity contribution in [1.29, 1.82) is 0 Å². The van der Waals surface area contributed by atoms with Gasteiger partial charge in [-0.25, -0.2) is 9.67 Å². The number of nitrogens with zero attached hydrogens (tertiary/aromatic N) is 5. The standard InChI is InChI=1S/C20H24N6O2/c1-13-9-14(2)11-16(10-13)22-20-21-6-5-18(23-20)26-12-17(15(3)24-26)19(28)25(4)7-8-27/h5-6,9-12,27H,7-8H2,1-4H3,(H,21,22,23). The Hall–Kier alpha value is -3.26. The number of anilines is 2. The number of aryl methyl sites for hydroxylation is 3. The van der Waals surface area contributed by atoms with Crippen LogP contribution in [-0.2, 0) is 0 Å². The Kier molecular flexibility index (Phi) is 5.70. The fourth-order valence-electron chi connectivity index (χ4n) is 2.96. The highest BCUT2D eigenvalue weighted by molar-refractivity contribution is 5.95. The molecule has 0 bridgehead atoms. The van der Waals surface area contributed by atoms with Crippen LogP contribution in [0.4, 0.5) is 11.6 Å². The molecule has 0 fully saturated rings. The van der Waals surface area contributed by atoms with Gasteiger partial charge in [0.25, 0.3) is 5.91 Å². The number of aliphatic hydroxyl groups is 1. The van der Waals surface area contributed by atoms with Crippen molar-refractivity contribution in [3.05, 3.63) is 59.0 Å². The molecule has 2 N–H and O–H groups in total. The number of rotatable bonds is 6. The lowest BCUT2D eigenvalue weighted by Crippen LogP contribution is -2.29. The van der Waals surface area contributed by atoms with E-state index in [0.29, 0.717) is 23.0 Å². The first-order valence-electron chi connectivity index (χ1n) is 8.98. The third-order valence-corrected chi connectivity index (χ3v) is 4.26. The Labute approximate surface area is 163 Å². The monoisotopic (exact) mass is 380 g/mol. The quantitative estimate of drug-likeness (QED) is 0.682. The van der Waals surface area contributed by atoms with E-state index in [4.69, 9.17) is 5.11 Å². The highest BCUT2D eigenvalue weighted by atomic mass is 16.3. The Morgan fingerprint density at radius 2 is 1.93 bits per heavy atom. The summed E-state index contributed by atoms with van der Waals surface area (Å²) in [5.41, 5.74) is 4.27. The summed E-state index contributed by atoms with van der Waals surface area (Å²) in [6.45, 7) is 6.02. The molecule has 146 valence electrons. The Bertz CT molecular complexity index is 978. The van der Waals surface area contributed by atoms with Crippen LogP contribution in [0.2, 0.25) is 0 Å². The second kappa shape index (κ2) is 8.18. The fraction of sp³-hybridized carbons (Fsp3) is 0.300. The van der Waals surface area contributed by atoms with Crippen LogP contribution in [0.3, 0.4) is 0 Å². The van der Waals surface area contributed by atoms with Gasteiger partial charge >= 0.3 is 0 Å². The highest BCUT2D eigenvalue weighted by Crippen LogP contribution is 2.18. The van der Waals surface area contributed by atoms with E-state index in [1.54, 1.807) is 37.1 Å². The molecule has 2 aromatic heterocycles. The van der Waals surface area contributed by atoms with Crippen molar-refractivity contribution < 1.29 is 9.90 Å². The second-order valence-electron chi connectivity index (χ2n) is 6.76. The molecule has 0 saturated carbocycles. The van der Waals surface area contributed by atoms with Crippen molar-refractivity contribution in [3.8, 4) is 5.82 Å². The summed E-state index contributed by atoms with van der Waals surface area (Å²) >= 11 is 0. The predicted molar refractivity (Wildman–Crippen MR) is 107 cm³/mol. The lowest BCUT2D eigenvalue weighted by atomic mass is 10.1. The number of benzene rings is 1. The zero-order valence-corrected chi connectivity index (χ0v) is 16.5. The SMILES string of the molecule is Cc1cc(C)cc(Nc2nccc(-n3cc(C(=O)N(C)CCO)c(C)n3)n2)c1. The largest absolute Gasteiger partial charge is 0.395 e. The third-order valence-electron chi connectivity index (χ3n) is 4.26. The molecule has 0 aliphatic heterocycles. The molecule has 3 aromatic rings. The Balaban J connectivity index is 1.86. The summed E-state index contributed by atoms with van der Waals surface area (Å²) in [6.07, 6.45) is 3.29. The van der Waals surface area contributed by atoms with E-state index >= 15 is 0 Å². The zero-order valence-electron chi connectivity index (χ0n) is 16.5. The van der Waals surface area contributed by atoms with E-state index in [-0.39, 0.29) is 19.1 Å². The number of likely N-dealkylation sites (N-methyl/N-ethyl adjacent to an activating group) is 1. The van der Waals surface area contributed by atoms with Crippen molar-refractivity contribution in [2.75, 3.05) is 25.5 Å². The minimum Gasteiger partial charge on any atom is -0.395 e. The molecule has 0 saturated heterocycles. The molecular formula is C20H24N6O2. The normalized spacial score (nSPS) is 10.8. The highest BCUT2D eigenvalue weighted by Gasteiger charge is 2.18. The van der Waals surface area contributed by atoms with Gasteiger partial charge in [-0.15, -0.1) is 0 Å². The van der Waals surface area contributed by atoms with E-state index in [2.05, 4.69) is 26.4 Å². The van der Waals surface area contributed by atoms with Gasteiger partial charge in [-0.1, -0.05) is 6.07 Å². The summed E-state index contributed by atoms with van der Waals surface area (Å²) in [5, 5.41) is 16.7. The number of nitrogens with one attached hydrogen (secondary N) is 1. The average Bonchev–Trinajstić information content (AvgIpc) is 3.02. The summed E-state index contributed by atoms with van der Waals surface area (Å²) in [4.78, 5) is 22.7. The maximum Gasteiger partial charge on any atom is 0.257 e. The molecule has 1 aromatic carbocycles. The molecule has 0 radical (unpaired) electrons. The minimum atomic E-state index is -0.194. The van der Waals surface area contributed by atoms with E-state index in [0.717, 1.165) is 16.8 Å². The number of hydrogen-bond donors (Lipinski definition) is 2. The molecule has 28 heavy (non-hydrogen) atoms. The Morgan fingerprint density at radius 3 is 2.61 bits per heavy atom. The molecule has 8 heteroatoms. The lowest BCUT2D eigenvalue weighted by Gasteiger charge is -2.14. The van der Waals surface area contributed by atoms with Crippen LogP contribution in [0.25, 0.3) is 5.82 Å². The summed E-state index contributed by atoms with van der Waals surface area (Å²) in [5.74, 6) is 0.801. The maximum atomic E-state index is 12.5. The van der Waals surface area contributed by atoms with Gasteiger partial charge < -0.3 is 15.3 Å². The number of carbonyl (C=O) groups is 1. The van der Waals surface area contributed by atoms with E-state index in [1.165, 1.54) is 4.90 Å². The smallest absolute Gasteiger partial charge is 0.257 e. The number of carbonyl (C=O) groups excluding carboxylic acids is 1. The first-order valence-corrected chi connectivity index (χ1v) is 8.98. The van der Waals surface area contributed by atoms with Crippen molar-refractivity contribution in [2.45, 2.75) is 20.8 Å². The fourth-order valence-corrected chi connectivity index (χ4v) is 2.96. The first kappa shape index (κ1) is 19.5. The predicted octanol–water partition coefficient (Wildman–Crippen LogP) is 2.40. The zero-order chi connectivity index (χ0) is 20.3. The number of aliphatic hydroxyl groups excluding tert-OH is 1. The van der Waals surface area contributed by atoms with Gasteiger partial charge in [0.1, 0.15) is 0 Å². The van der Waals surface area contributed by atoms with Crippen molar-refractivity contribution in [3.63, 3.8) is 0 Å². The van der Waals surface area contributed by atoms with Gasteiger partial charge in [0.05, 0.1) is 17.9 Å². The van der Waals surface area contributed by atoms with Gasteiger partial charge in [0.15, 0.2) is 5.82 Å². The average molecular weight is 380 g/mol. The van der Waals surface area contributed by atoms with Crippen molar-refractivity contribution in [1.82, 2.24) is 24.6 Å². The van der Waals surface area contributed by atoms with Gasteiger partial charge in [-0.05, 0) is 44.0 Å².